The minimum absolute atomic E-state index is 0.410. The molecule has 2 heterocycles. The Kier molecular flexibility index (Phi) is 4.52. The van der Waals surface area contributed by atoms with Crippen LogP contribution in [0.15, 0.2) is 48.8 Å². The highest BCUT2D eigenvalue weighted by molar-refractivity contribution is 5.25. The van der Waals surface area contributed by atoms with E-state index in [0.29, 0.717) is 24.8 Å². The summed E-state index contributed by atoms with van der Waals surface area (Å²) in [5.41, 5.74) is 6.98. The summed E-state index contributed by atoms with van der Waals surface area (Å²) in [5, 5.41) is 8.35. The molecule has 3 rings (SSSR count). The fourth-order valence-corrected chi connectivity index (χ4v) is 2.20. The minimum atomic E-state index is -0.551. The lowest BCUT2D eigenvalue weighted by atomic mass is 10.1. The van der Waals surface area contributed by atoms with Crippen LogP contribution in [-0.4, -0.2) is 25.0 Å². The zero-order valence-corrected chi connectivity index (χ0v) is 13.8. The zero-order valence-electron chi connectivity index (χ0n) is 13.8. The molecule has 2 N–H and O–H groups in total. The van der Waals surface area contributed by atoms with Gasteiger partial charge >= 0.3 is 0 Å². The normalized spacial score (nSPS) is 11.6. The van der Waals surface area contributed by atoms with Crippen LogP contribution in [0, 0.1) is 0 Å². The fraction of sp³-hybridized carbons (Fsp3) is 0.294. The molecule has 0 saturated carbocycles. The molecule has 0 aliphatic rings. The maximum atomic E-state index is 6.02. The number of nitrogens with zero attached hydrogens (tertiary/aromatic N) is 5. The smallest absolute Gasteiger partial charge is 0.152 e. The highest BCUT2D eigenvalue weighted by atomic mass is 16.5. The van der Waals surface area contributed by atoms with E-state index in [9.17, 15) is 0 Å². The van der Waals surface area contributed by atoms with Gasteiger partial charge in [-0.3, -0.25) is 0 Å². The van der Waals surface area contributed by atoms with Crippen molar-refractivity contribution in [2.45, 2.75) is 32.6 Å². The Hall–Kier alpha value is -2.80. The van der Waals surface area contributed by atoms with E-state index in [0.717, 1.165) is 11.3 Å². The maximum Gasteiger partial charge on any atom is 0.152 e. The van der Waals surface area contributed by atoms with E-state index in [1.807, 2.05) is 50.4 Å². The number of rotatable bonds is 6. The van der Waals surface area contributed by atoms with Crippen molar-refractivity contribution in [1.82, 2.24) is 25.0 Å². The summed E-state index contributed by atoms with van der Waals surface area (Å²) >= 11 is 0. The summed E-state index contributed by atoms with van der Waals surface area (Å²) in [6.45, 7) is 4.87. The van der Waals surface area contributed by atoms with Crippen LogP contribution in [0.1, 0.15) is 30.9 Å². The average molecular weight is 324 g/mol. The van der Waals surface area contributed by atoms with Crippen molar-refractivity contribution >= 4 is 5.82 Å². The first-order chi connectivity index (χ1) is 11.5. The van der Waals surface area contributed by atoms with Gasteiger partial charge < -0.3 is 10.5 Å². The van der Waals surface area contributed by atoms with Crippen LogP contribution in [-0.2, 0) is 23.5 Å². The Morgan fingerprint density at radius 1 is 1.17 bits per heavy atom. The molecular weight excluding hydrogens is 304 g/mol. The Morgan fingerprint density at radius 3 is 2.71 bits per heavy atom. The van der Waals surface area contributed by atoms with Crippen LogP contribution in [0.25, 0.3) is 0 Å². The van der Waals surface area contributed by atoms with Crippen molar-refractivity contribution in [3.8, 4) is 0 Å². The highest BCUT2D eigenvalue weighted by Gasteiger charge is 2.25. The number of nitrogens with two attached hydrogens (primary N) is 1. The lowest BCUT2D eigenvalue weighted by Gasteiger charge is -2.22. The van der Waals surface area contributed by atoms with Gasteiger partial charge in [-0.2, -0.15) is 0 Å². The first-order valence-electron chi connectivity index (χ1n) is 7.69. The van der Waals surface area contributed by atoms with Gasteiger partial charge in [0, 0.05) is 6.20 Å². The number of ether oxygens (including phenoxy) is 1. The van der Waals surface area contributed by atoms with E-state index < -0.39 is 5.60 Å². The van der Waals surface area contributed by atoms with E-state index >= 15 is 0 Å². The topological polar surface area (TPSA) is 91.7 Å². The van der Waals surface area contributed by atoms with Gasteiger partial charge in [0.05, 0.1) is 12.8 Å². The first-order valence-corrected chi connectivity index (χ1v) is 7.69. The Labute approximate surface area is 140 Å². The van der Waals surface area contributed by atoms with Gasteiger partial charge in [-0.25, -0.2) is 14.6 Å². The molecule has 0 bridgehead atoms. The van der Waals surface area contributed by atoms with Gasteiger partial charge in [0.15, 0.2) is 5.82 Å². The maximum absolute atomic E-state index is 6.02. The van der Waals surface area contributed by atoms with Crippen LogP contribution in [0.3, 0.4) is 0 Å². The van der Waals surface area contributed by atoms with E-state index in [2.05, 4.69) is 20.3 Å². The van der Waals surface area contributed by atoms with Gasteiger partial charge in [0.2, 0.25) is 0 Å². The number of anilines is 1. The molecule has 3 aromatic rings. The monoisotopic (exact) mass is 324 g/mol. The van der Waals surface area contributed by atoms with E-state index in [-0.39, 0.29) is 0 Å². The molecule has 0 amide bonds. The third kappa shape index (κ3) is 3.94. The van der Waals surface area contributed by atoms with Crippen LogP contribution in [0.2, 0.25) is 0 Å². The molecule has 124 valence electrons. The first kappa shape index (κ1) is 16.1. The molecule has 0 aliphatic heterocycles. The third-order valence-electron chi connectivity index (χ3n) is 3.63. The second-order valence-electron chi connectivity index (χ2n) is 5.98. The van der Waals surface area contributed by atoms with Crippen LogP contribution < -0.4 is 5.73 Å². The summed E-state index contributed by atoms with van der Waals surface area (Å²) in [6, 6.07) is 11.7. The quantitative estimate of drug-likeness (QED) is 0.747. The predicted octanol–water partition coefficient (Wildman–Crippen LogP) is 2.15. The Bertz CT molecular complexity index is 800. The molecule has 24 heavy (non-hydrogen) atoms. The van der Waals surface area contributed by atoms with Crippen molar-refractivity contribution in [3.05, 3.63) is 65.9 Å². The second-order valence-corrected chi connectivity index (χ2v) is 5.98. The zero-order chi connectivity index (χ0) is 17.0. The third-order valence-corrected chi connectivity index (χ3v) is 3.63. The minimum Gasteiger partial charge on any atom is -0.384 e. The van der Waals surface area contributed by atoms with Crippen molar-refractivity contribution < 1.29 is 4.74 Å². The molecule has 0 radical (unpaired) electrons. The van der Waals surface area contributed by atoms with Crippen molar-refractivity contribution in [2.24, 2.45) is 0 Å². The summed E-state index contributed by atoms with van der Waals surface area (Å²) in [5.74, 6) is 1.03. The molecular formula is C17H20N6O. The van der Waals surface area contributed by atoms with Gasteiger partial charge in [0.1, 0.15) is 23.7 Å². The van der Waals surface area contributed by atoms with Crippen LogP contribution in [0.5, 0.6) is 0 Å². The average Bonchev–Trinajstić information content (AvgIpc) is 3.03. The number of aromatic nitrogens is 5. The molecule has 0 atom stereocenters. The van der Waals surface area contributed by atoms with Gasteiger partial charge in [0.25, 0.3) is 0 Å². The van der Waals surface area contributed by atoms with Crippen LogP contribution in [0.4, 0.5) is 5.82 Å². The predicted molar refractivity (Wildman–Crippen MR) is 89.8 cm³/mol. The van der Waals surface area contributed by atoms with E-state index in [1.54, 1.807) is 16.9 Å². The fourth-order valence-electron chi connectivity index (χ4n) is 2.20. The Morgan fingerprint density at radius 2 is 1.96 bits per heavy atom. The molecule has 2 aromatic heterocycles. The van der Waals surface area contributed by atoms with Gasteiger partial charge in [-0.05, 0) is 25.5 Å². The van der Waals surface area contributed by atoms with Gasteiger partial charge in [-0.15, -0.1) is 5.10 Å². The summed E-state index contributed by atoms with van der Waals surface area (Å²) in [7, 11) is 0. The number of nitrogen functional groups attached to an aromatic ring is 1. The standard InChI is InChI=1S/C17H20N6O/c1-17(2,24-12-13-6-4-3-5-7-13)14-10-23(22-21-14)11-16-19-9-8-15(18)20-16/h3-10H,11-12H2,1-2H3,(H2,18,19,20). The number of hydrogen-bond donors (Lipinski definition) is 1. The number of benzene rings is 1. The molecule has 0 unspecified atom stereocenters. The van der Waals surface area contributed by atoms with Crippen molar-refractivity contribution in [3.63, 3.8) is 0 Å². The molecule has 7 heteroatoms. The van der Waals surface area contributed by atoms with Crippen LogP contribution >= 0.6 is 0 Å². The van der Waals surface area contributed by atoms with Crippen molar-refractivity contribution in [2.75, 3.05) is 5.73 Å². The molecule has 0 saturated heterocycles. The van der Waals surface area contributed by atoms with Gasteiger partial charge in [-0.1, -0.05) is 35.5 Å². The molecule has 0 fully saturated rings. The molecule has 1 aromatic carbocycles. The Balaban J connectivity index is 1.67. The van der Waals surface area contributed by atoms with E-state index in [1.165, 1.54) is 0 Å². The summed E-state index contributed by atoms with van der Waals surface area (Å²) < 4.78 is 7.70. The lowest BCUT2D eigenvalue weighted by molar-refractivity contribution is -0.0368. The molecule has 0 spiro atoms. The second kappa shape index (κ2) is 6.76. The highest BCUT2D eigenvalue weighted by Crippen LogP contribution is 2.24. The molecule has 0 aliphatic carbocycles. The number of hydrogen-bond acceptors (Lipinski definition) is 6. The van der Waals surface area contributed by atoms with Crippen molar-refractivity contribution in [1.29, 1.82) is 0 Å². The lowest BCUT2D eigenvalue weighted by Crippen LogP contribution is -2.22. The summed E-state index contributed by atoms with van der Waals surface area (Å²) in [4.78, 5) is 8.33. The largest absolute Gasteiger partial charge is 0.384 e. The SMILES string of the molecule is CC(C)(OCc1ccccc1)c1cn(Cc2nccc(N)n2)nn1. The summed E-state index contributed by atoms with van der Waals surface area (Å²) in [6.07, 6.45) is 3.47. The van der Waals surface area contributed by atoms with E-state index in [4.69, 9.17) is 10.5 Å². The molecule has 7 nitrogen and oxygen atoms in total.